The Hall–Kier alpha value is -2.28. The number of amides is 1. The maximum atomic E-state index is 11.7. The Labute approximate surface area is 114 Å². The van der Waals surface area contributed by atoms with E-state index in [1.165, 1.54) is 6.20 Å². The van der Waals surface area contributed by atoms with Crippen LogP contribution in [0.2, 0.25) is 0 Å². The van der Waals surface area contributed by atoms with E-state index in [4.69, 9.17) is 5.26 Å². The number of rotatable bonds is 4. The van der Waals surface area contributed by atoms with E-state index in [1.54, 1.807) is 0 Å². The number of hydrogen-bond donors (Lipinski definition) is 2. The van der Waals surface area contributed by atoms with Gasteiger partial charge < -0.3 is 10.6 Å². The highest BCUT2D eigenvalue weighted by atomic mass is 16.1. The summed E-state index contributed by atoms with van der Waals surface area (Å²) >= 11 is 0. The van der Waals surface area contributed by atoms with Gasteiger partial charge in [0.2, 0.25) is 0 Å². The van der Waals surface area contributed by atoms with Gasteiger partial charge in [0.05, 0.1) is 0 Å². The minimum absolute atomic E-state index is 0.00459. The van der Waals surface area contributed by atoms with E-state index in [0.717, 1.165) is 16.8 Å². The lowest BCUT2D eigenvalue weighted by atomic mass is 10.1. The molecule has 2 N–H and O–H groups in total. The van der Waals surface area contributed by atoms with Crippen molar-refractivity contribution in [3.05, 3.63) is 41.1 Å². The van der Waals surface area contributed by atoms with E-state index in [1.807, 2.05) is 52.0 Å². The first-order chi connectivity index (χ1) is 8.93. The average molecular weight is 257 g/mol. The molecule has 19 heavy (non-hydrogen) atoms. The zero-order valence-corrected chi connectivity index (χ0v) is 11.7. The first-order valence-electron chi connectivity index (χ1n) is 6.19. The Morgan fingerprint density at radius 1 is 1.37 bits per heavy atom. The van der Waals surface area contributed by atoms with Crippen LogP contribution in [0.4, 0.5) is 5.69 Å². The molecule has 0 atom stereocenters. The Kier molecular flexibility index (Phi) is 5.13. The summed E-state index contributed by atoms with van der Waals surface area (Å²) in [5.74, 6) is -0.365. The van der Waals surface area contributed by atoms with Crippen LogP contribution < -0.4 is 10.6 Å². The third-order valence-corrected chi connectivity index (χ3v) is 2.55. The summed E-state index contributed by atoms with van der Waals surface area (Å²) < 4.78 is 0. The number of nitrogens with one attached hydrogen (secondary N) is 2. The molecule has 0 saturated heterocycles. The molecule has 0 bridgehead atoms. The molecule has 0 spiro atoms. The summed E-state index contributed by atoms with van der Waals surface area (Å²) in [6.07, 6.45) is 1.44. The molecule has 0 aliphatic rings. The minimum Gasteiger partial charge on any atom is -0.360 e. The van der Waals surface area contributed by atoms with Crippen molar-refractivity contribution in [1.29, 1.82) is 5.26 Å². The van der Waals surface area contributed by atoms with Gasteiger partial charge in [-0.2, -0.15) is 5.26 Å². The Balaban J connectivity index is 2.86. The molecule has 0 aliphatic carbocycles. The van der Waals surface area contributed by atoms with Gasteiger partial charge in [-0.15, -0.1) is 0 Å². The molecule has 1 aromatic carbocycles. The molecule has 0 fully saturated rings. The quantitative estimate of drug-likeness (QED) is 0.643. The fourth-order valence-electron chi connectivity index (χ4n) is 1.53. The van der Waals surface area contributed by atoms with Gasteiger partial charge in [0, 0.05) is 17.9 Å². The summed E-state index contributed by atoms with van der Waals surface area (Å²) in [6.45, 7) is 7.66. The first-order valence-corrected chi connectivity index (χ1v) is 6.19. The van der Waals surface area contributed by atoms with Crippen LogP contribution in [0.3, 0.4) is 0 Å². The number of carbonyl (C=O) groups is 1. The largest absolute Gasteiger partial charge is 0.360 e. The van der Waals surface area contributed by atoms with Crippen molar-refractivity contribution in [1.82, 2.24) is 5.32 Å². The molecule has 4 nitrogen and oxygen atoms in total. The predicted octanol–water partition coefficient (Wildman–Crippen LogP) is 2.65. The maximum absolute atomic E-state index is 11.7. The normalized spacial score (nSPS) is 11.1. The zero-order valence-electron chi connectivity index (χ0n) is 11.7. The lowest BCUT2D eigenvalue weighted by Gasteiger charge is -2.09. The number of carbonyl (C=O) groups excluding carboxylic acids is 1. The molecule has 100 valence electrons. The van der Waals surface area contributed by atoms with Crippen molar-refractivity contribution >= 4 is 11.6 Å². The van der Waals surface area contributed by atoms with E-state index < -0.39 is 0 Å². The second-order valence-electron chi connectivity index (χ2n) is 4.76. The first kappa shape index (κ1) is 14.8. The summed E-state index contributed by atoms with van der Waals surface area (Å²) in [6, 6.07) is 7.88. The lowest BCUT2D eigenvalue weighted by molar-refractivity contribution is -0.117. The molecular formula is C15H19N3O. The Morgan fingerprint density at radius 2 is 2.05 bits per heavy atom. The number of nitriles is 1. The second-order valence-corrected chi connectivity index (χ2v) is 4.76. The highest BCUT2D eigenvalue weighted by Crippen LogP contribution is 2.16. The number of aryl methyl sites for hydroxylation is 2. The summed E-state index contributed by atoms with van der Waals surface area (Å²) in [4.78, 5) is 11.7. The van der Waals surface area contributed by atoms with Gasteiger partial charge in [-0.3, -0.25) is 4.79 Å². The van der Waals surface area contributed by atoms with Gasteiger partial charge in [0.25, 0.3) is 5.91 Å². The average Bonchev–Trinajstić information content (AvgIpc) is 2.33. The standard InChI is InChI=1S/C15H19N3O/c1-10(2)18-15(19)13(8-16)9-17-14-7-11(3)5-6-12(14)4/h5-7,9-10,17H,1-4H3,(H,18,19)/b13-9-. The lowest BCUT2D eigenvalue weighted by Crippen LogP contribution is -2.31. The third-order valence-electron chi connectivity index (χ3n) is 2.55. The van der Waals surface area contributed by atoms with Crippen LogP contribution >= 0.6 is 0 Å². The Morgan fingerprint density at radius 3 is 2.63 bits per heavy atom. The van der Waals surface area contributed by atoms with E-state index in [2.05, 4.69) is 10.6 Å². The van der Waals surface area contributed by atoms with Gasteiger partial charge >= 0.3 is 0 Å². The fraction of sp³-hybridized carbons (Fsp3) is 0.333. The van der Waals surface area contributed by atoms with Gasteiger partial charge in [-0.25, -0.2) is 0 Å². The highest BCUT2D eigenvalue weighted by molar-refractivity contribution is 5.97. The highest BCUT2D eigenvalue weighted by Gasteiger charge is 2.09. The van der Waals surface area contributed by atoms with Crippen LogP contribution in [0.1, 0.15) is 25.0 Å². The fourth-order valence-corrected chi connectivity index (χ4v) is 1.53. The summed E-state index contributed by atoms with van der Waals surface area (Å²) in [5.41, 5.74) is 3.13. The van der Waals surface area contributed by atoms with Gasteiger partial charge in [-0.05, 0) is 44.9 Å². The van der Waals surface area contributed by atoms with E-state index >= 15 is 0 Å². The molecule has 0 heterocycles. The number of hydrogen-bond acceptors (Lipinski definition) is 3. The van der Waals surface area contributed by atoms with Crippen molar-refractivity contribution in [2.45, 2.75) is 33.7 Å². The van der Waals surface area contributed by atoms with Gasteiger partial charge in [0.15, 0.2) is 0 Å². The molecule has 0 unspecified atom stereocenters. The minimum atomic E-state index is -0.365. The number of benzene rings is 1. The van der Waals surface area contributed by atoms with Crippen molar-refractivity contribution < 1.29 is 4.79 Å². The number of nitrogens with zero attached hydrogens (tertiary/aromatic N) is 1. The molecular weight excluding hydrogens is 238 g/mol. The topological polar surface area (TPSA) is 64.9 Å². The van der Waals surface area contributed by atoms with Crippen LogP contribution in [0, 0.1) is 25.2 Å². The van der Waals surface area contributed by atoms with Crippen molar-refractivity contribution in [3.8, 4) is 6.07 Å². The van der Waals surface area contributed by atoms with Gasteiger partial charge in [-0.1, -0.05) is 12.1 Å². The third kappa shape index (κ3) is 4.47. The van der Waals surface area contributed by atoms with Crippen LogP contribution in [0.5, 0.6) is 0 Å². The molecule has 0 aliphatic heterocycles. The smallest absolute Gasteiger partial charge is 0.263 e. The van der Waals surface area contributed by atoms with Crippen LogP contribution in [-0.2, 0) is 4.79 Å². The van der Waals surface area contributed by atoms with E-state index in [0.29, 0.717) is 0 Å². The molecule has 1 amide bonds. The molecule has 1 aromatic rings. The molecule has 1 rings (SSSR count). The van der Waals surface area contributed by atoms with Crippen molar-refractivity contribution in [2.75, 3.05) is 5.32 Å². The van der Waals surface area contributed by atoms with Crippen molar-refractivity contribution in [2.24, 2.45) is 0 Å². The molecule has 4 heteroatoms. The SMILES string of the molecule is Cc1ccc(C)c(N/C=C(/C#N)C(=O)NC(C)C)c1. The van der Waals surface area contributed by atoms with E-state index in [-0.39, 0.29) is 17.5 Å². The zero-order chi connectivity index (χ0) is 14.4. The predicted molar refractivity (Wildman–Crippen MR) is 76.5 cm³/mol. The van der Waals surface area contributed by atoms with Gasteiger partial charge in [0.1, 0.15) is 11.6 Å². The van der Waals surface area contributed by atoms with Crippen molar-refractivity contribution in [3.63, 3.8) is 0 Å². The molecule has 0 saturated carbocycles. The van der Waals surface area contributed by atoms with E-state index in [9.17, 15) is 4.79 Å². The monoisotopic (exact) mass is 257 g/mol. The molecule has 0 radical (unpaired) electrons. The maximum Gasteiger partial charge on any atom is 0.263 e. The van der Waals surface area contributed by atoms with Crippen LogP contribution in [-0.4, -0.2) is 11.9 Å². The van der Waals surface area contributed by atoms with Crippen LogP contribution in [0.15, 0.2) is 30.0 Å². The summed E-state index contributed by atoms with van der Waals surface area (Å²) in [7, 11) is 0. The molecule has 0 aromatic heterocycles. The van der Waals surface area contributed by atoms with Crippen LogP contribution in [0.25, 0.3) is 0 Å². The summed E-state index contributed by atoms with van der Waals surface area (Å²) in [5, 5.41) is 14.7. The second kappa shape index (κ2) is 6.60. The number of anilines is 1. The Bertz CT molecular complexity index is 539.